The van der Waals surface area contributed by atoms with E-state index >= 15 is 0 Å². The smallest absolute Gasteiger partial charge is 0.281 e. The van der Waals surface area contributed by atoms with Crippen molar-refractivity contribution in [3.8, 4) is 0 Å². The number of carbonyl (C=O) groups is 2. The molecule has 0 fully saturated rings. The van der Waals surface area contributed by atoms with Crippen LogP contribution in [0, 0.1) is 10.1 Å². The maximum atomic E-state index is 12.2. The maximum Gasteiger partial charge on any atom is 0.281 e. The van der Waals surface area contributed by atoms with Gasteiger partial charge in [-0.2, -0.15) is 0 Å². The van der Waals surface area contributed by atoms with Gasteiger partial charge in [0.05, 0.1) is 4.92 Å². The van der Waals surface area contributed by atoms with Crippen molar-refractivity contribution in [1.82, 2.24) is 10.7 Å². The monoisotopic (exact) mass is 326 g/mol. The van der Waals surface area contributed by atoms with Crippen molar-refractivity contribution in [2.45, 2.75) is 0 Å². The second-order valence-corrected chi connectivity index (χ2v) is 4.70. The highest BCUT2D eigenvalue weighted by Crippen LogP contribution is 2.15. The van der Waals surface area contributed by atoms with Gasteiger partial charge in [0.15, 0.2) is 0 Å². The molecule has 122 valence electrons. The second-order valence-electron chi connectivity index (χ2n) is 4.70. The summed E-state index contributed by atoms with van der Waals surface area (Å²) in [6.07, 6.45) is 1.30. The number of benzene rings is 2. The van der Waals surface area contributed by atoms with Gasteiger partial charge in [0.1, 0.15) is 5.70 Å². The van der Waals surface area contributed by atoms with Crippen LogP contribution in [-0.2, 0) is 4.79 Å². The van der Waals surface area contributed by atoms with Crippen molar-refractivity contribution < 1.29 is 14.5 Å². The molecule has 2 aromatic rings. The van der Waals surface area contributed by atoms with Crippen molar-refractivity contribution in [1.29, 1.82) is 0 Å². The zero-order valence-electron chi connectivity index (χ0n) is 12.4. The molecular weight excluding hydrogens is 312 g/mol. The van der Waals surface area contributed by atoms with Crippen LogP contribution in [0.3, 0.4) is 0 Å². The Morgan fingerprint density at radius 3 is 2.42 bits per heavy atom. The number of nitro groups is 1. The molecular formula is C16H14N4O4. The van der Waals surface area contributed by atoms with E-state index < -0.39 is 16.7 Å². The van der Waals surface area contributed by atoms with Gasteiger partial charge in [-0.25, -0.2) is 5.84 Å². The van der Waals surface area contributed by atoms with E-state index in [1.165, 1.54) is 24.3 Å². The molecule has 0 aliphatic rings. The third-order valence-corrected chi connectivity index (χ3v) is 3.05. The van der Waals surface area contributed by atoms with E-state index in [2.05, 4.69) is 5.32 Å². The Kier molecular flexibility index (Phi) is 5.37. The van der Waals surface area contributed by atoms with Crippen molar-refractivity contribution in [3.05, 3.63) is 81.5 Å². The molecule has 0 bridgehead atoms. The lowest BCUT2D eigenvalue weighted by Crippen LogP contribution is -2.38. The fourth-order valence-corrected chi connectivity index (χ4v) is 1.91. The second kappa shape index (κ2) is 7.65. The zero-order chi connectivity index (χ0) is 17.5. The van der Waals surface area contributed by atoms with E-state index in [0.29, 0.717) is 11.1 Å². The number of carbonyl (C=O) groups excluding carboxylic acids is 2. The van der Waals surface area contributed by atoms with Crippen molar-refractivity contribution >= 4 is 23.6 Å². The molecule has 0 heterocycles. The first-order valence-electron chi connectivity index (χ1n) is 6.85. The first kappa shape index (κ1) is 16.8. The summed E-state index contributed by atoms with van der Waals surface area (Å²) in [7, 11) is 0. The zero-order valence-corrected chi connectivity index (χ0v) is 12.4. The molecule has 24 heavy (non-hydrogen) atoms. The summed E-state index contributed by atoms with van der Waals surface area (Å²) in [6, 6.07) is 13.9. The molecule has 2 amide bonds. The summed E-state index contributed by atoms with van der Waals surface area (Å²) in [4.78, 5) is 34.3. The number of nitro benzene ring substituents is 1. The fraction of sp³-hybridized carbons (Fsp3) is 0. The Labute approximate surface area is 137 Å². The van der Waals surface area contributed by atoms with Gasteiger partial charge in [-0.15, -0.1) is 0 Å². The van der Waals surface area contributed by atoms with E-state index in [4.69, 9.17) is 5.84 Å². The van der Waals surface area contributed by atoms with Gasteiger partial charge in [-0.05, 0) is 23.8 Å². The third-order valence-electron chi connectivity index (χ3n) is 3.05. The molecule has 0 aliphatic carbocycles. The average Bonchev–Trinajstić information content (AvgIpc) is 2.61. The highest BCUT2D eigenvalue weighted by Gasteiger charge is 2.14. The molecule has 0 spiro atoms. The molecule has 0 unspecified atom stereocenters. The van der Waals surface area contributed by atoms with Crippen LogP contribution in [0.25, 0.3) is 6.08 Å². The molecule has 8 heteroatoms. The van der Waals surface area contributed by atoms with E-state index in [9.17, 15) is 19.7 Å². The lowest BCUT2D eigenvalue weighted by molar-refractivity contribution is -0.384. The number of hydrogen-bond donors (Lipinski definition) is 3. The summed E-state index contributed by atoms with van der Waals surface area (Å²) in [5.74, 6) is 3.88. The molecule has 0 saturated heterocycles. The number of nitrogens with two attached hydrogens (primary N) is 1. The SMILES string of the molecule is NNC(=O)/C(=C/c1cccc([N+](=O)[O-])c1)NC(=O)c1ccccc1. The number of amides is 2. The first-order chi connectivity index (χ1) is 11.5. The summed E-state index contributed by atoms with van der Waals surface area (Å²) in [5, 5.41) is 13.2. The van der Waals surface area contributed by atoms with E-state index in [0.717, 1.165) is 0 Å². The van der Waals surface area contributed by atoms with Crippen LogP contribution in [0.5, 0.6) is 0 Å². The predicted molar refractivity (Wildman–Crippen MR) is 87.3 cm³/mol. The standard InChI is InChI=1S/C16H14N4O4/c17-19-16(22)14(18-15(21)12-6-2-1-3-7-12)10-11-5-4-8-13(9-11)20(23)24/h1-10H,17H2,(H,18,21)(H,19,22)/b14-10-. The van der Waals surface area contributed by atoms with Crippen molar-refractivity contribution in [3.63, 3.8) is 0 Å². The van der Waals surface area contributed by atoms with Gasteiger partial charge in [-0.3, -0.25) is 25.1 Å². The van der Waals surface area contributed by atoms with Crippen LogP contribution < -0.4 is 16.6 Å². The third kappa shape index (κ3) is 4.24. The molecule has 8 nitrogen and oxygen atoms in total. The van der Waals surface area contributed by atoms with Crippen LogP contribution in [0.4, 0.5) is 5.69 Å². The van der Waals surface area contributed by atoms with Crippen molar-refractivity contribution in [2.75, 3.05) is 0 Å². The van der Waals surface area contributed by atoms with Gasteiger partial charge >= 0.3 is 0 Å². The number of nitrogens with one attached hydrogen (secondary N) is 2. The molecule has 0 aliphatic heterocycles. The molecule has 4 N–H and O–H groups in total. The summed E-state index contributed by atoms with van der Waals surface area (Å²) < 4.78 is 0. The van der Waals surface area contributed by atoms with E-state index in [-0.39, 0.29) is 11.4 Å². The van der Waals surface area contributed by atoms with Gasteiger partial charge in [0, 0.05) is 17.7 Å². The van der Waals surface area contributed by atoms with Crippen LogP contribution in [0.1, 0.15) is 15.9 Å². The normalized spacial score (nSPS) is 10.8. The lowest BCUT2D eigenvalue weighted by atomic mass is 10.1. The minimum Gasteiger partial charge on any atom is -0.317 e. The number of rotatable bonds is 5. The van der Waals surface area contributed by atoms with Crippen LogP contribution in [-0.4, -0.2) is 16.7 Å². The topological polar surface area (TPSA) is 127 Å². The van der Waals surface area contributed by atoms with E-state index in [1.807, 2.05) is 5.43 Å². The number of hydrazine groups is 1. The first-order valence-corrected chi connectivity index (χ1v) is 6.85. The molecule has 2 aromatic carbocycles. The van der Waals surface area contributed by atoms with Gasteiger partial charge in [-0.1, -0.05) is 30.3 Å². The van der Waals surface area contributed by atoms with Crippen LogP contribution >= 0.6 is 0 Å². The molecule has 0 atom stereocenters. The maximum absolute atomic E-state index is 12.2. The number of nitrogens with zero attached hydrogens (tertiary/aromatic N) is 1. The highest BCUT2D eigenvalue weighted by molar-refractivity contribution is 6.05. The average molecular weight is 326 g/mol. The molecule has 0 radical (unpaired) electrons. The lowest BCUT2D eigenvalue weighted by Gasteiger charge is -2.09. The Hall–Kier alpha value is -3.52. The predicted octanol–water partition coefficient (Wildman–Crippen LogP) is 1.36. The van der Waals surface area contributed by atoms with Crippen molar-refractivity contribution in [2.24, 2.45) is 5.84 Å². The van der Waals surface area contributed by atoms with Crippen LogP contribution in [0.15, 0.2) is 60.3 Å². The summed E-state index contributed by atoms with van der Waals surface area (Å²) in [6.45, 7) is 0. The van der Waals surface area contributed by atoms with Crippen LogP contribution in [0.2, 0.25) is 0 Å². The quantitative estimate of drug-likeness (QED) is 0.251. The van der Waals surface area contributed by atoms with Gasteiger partial charge in [0.25, 0.3) is 17.5 Å². The molecule has 2 rings (SSSR count). The Bertz CT molecular complexity index is 803. The highest BCUT2D eigenvalue weighted by atomic mass is 16.6. The Morgan fingerprint density at radius 2 is 1.79 bits per heavy atom. The van der Waals surface area contributed by atoms with E-state index in [1.54, 1.807) is 36.4 Å². The minimum absolute atomic E-state index is 0.133. The minimum atomic E-state index is -0.731. The fourth-order valence-electron chi connectivity index (χ4n) is 1.91. The van der Waals surface area contributed by atoms with Gasteiger partial charge < -0.3 is 5.32 Å². The largest absolute Gasteiger partial charge is 0.317 e. The Morgan fingerprint density at radius 1 is 1.08 bits per heavy atom. The number of hydrogen-bond acceptors (Lipinski definition) is 5. The molecule has 0 saturated carbocycles. The summed E-state index contributed by atoms with van der Waals surface area (Å²) >= 11 is 0. The van der Waals surface area contributed by atoms with Gasteiger partial charge in [0.2, 0.25) is 0 Å². The summed E-state index contributed by atoms with van der Waals surface area (Å²) in [5.41, 5.74) is 2.38. The number of non-ortho nitro benzene ring substituents is 1. The molecule has 0 aromatic heterocycles. The Balaban J connectivity index is 2.31.